The summed E-state index contributed by atoms with van der Waals surface area (Å²) in [6.45, 7) is 4.79. The van der Waals surface area contributed by atoms with Gasteiger partial charge in [0.1, 0.15) is 0 Å². The summed E-state index contributed by atoms with van der Waals surface area (Å²) in [6, 6.07) is 0.458. The number of ether oxygens (including phenoxy) is 2. The first-order chi connectivity index (χ1) is 8.20. The first-order valence-electron chi connectivity index (χ1n) is 6.40. The summed E-state index contributed by atoms with van der Waals surface area (Å²) in [6.07, 6.45) is 2.72. The predicted molar refractivity (Wildman–Crippen MR) is 62.0 cm³/mol. The second-order valence-corrected chi connectivity index (χ2v) is 4.77. The second-order valence-electron chi connectivity index (χ2n) is 4.77. The third-order valence-corrected chi connectivity index (χ3v) is 3.68. The van der Waals surface area contributed by atoms with Crippen molar-refractivity contribution < 1.29 is 19.4 Å². The van der Waals surface area contributed by atoms with Crippen molar-refractivity contribution in [3.8, 4) is 0 Å². The van der Waals surface area contributed by atoms with E-state index in [0.29, 0.717) is 25.3 Å². The van der Waals surface area contributed by atoms with Gasteiger partial charge in [-0.3, -0.25) is 4.90 Å². The SMILES string of the molecule is CCC1CC(N2CCOC(C(=O)O)C2)CCO1. The number of nitrogens with zero attached hydrogens (tertiary/aromatic N) is 1. The quantitative estimate of drug-likeness (QED) is 0.792. The molecule has 5 nitrogen and oxygen atoms in total. The zero-order valence-corrected chi connectivity index (χ0v) is 10.3. The van der Waals surface area contributed by atoms with Crippen molar-refractivity contribution >= 4 is 5.97 Å². The summed E-state index contributed by atoms with van der Waals surface area (Å²) >= 11 is 0. The van der Waals surface area contributed by atoms with Gasteiger partial charge in [0, 0.05) is 25.7 Å². The number of carboxylic acid groups (broad SMARTS) is 1. The largest absolute Gasteiger partial charge is 0.479 e. The molecule has 0 aromatic heterocycles. The van der Waals surface area contributed by atoms with E-state index in [1.54, 1.807) is 0 Å². The van der Waals surface area contributed by atoms with Crippen LogP contribution in [0.25, 0.3) is 0 Å². The van der Waals surface area contributed by atoms with Gasteiger partial charge in [0.25, 0.3) is 0 Å². The average molecular weight is 243 g/mol. The standard InChI is InChI=1S/C12H21NO4/c1-2-10-7-9(3-5-16-10)13-4-6-17-11(8-13)12(14)15/h9-11H,2-8H2,1H3,(H,14,15). The van der Waals surface area contributed by atoms with Gasteiger partial charge >= 0.3 is 5.97 Å². The third kappa shape index (κ3) is 3.18. The van der Waals surface area contributed by atoms with Crippen LogP contribution in [-0.2, 0) is 14.3 Å². The van der Waals surface area contributed by atoms with Gasteiger partial charge in [-0.15, -0.1) is 0 Å². The van der Waals surface area contributed by atoms with Gasteiger partial charge < -0.3 is 14.6 Å². The Morgan fingerprint density at radius 2 is 2.24 bits per heavy atom. The Bertz CT molecular complexity index is 271. The molecule has 0 spiro atoms. The molecule has 0 aromatic rings. The molecule has 0 saturated carbocycles. The molecule has 17 heavy (non-hydrogen) atoms. The minimum Gasteiger partial charge on any atom is -0.479 e. The van der Waals surface area contributed by atoms with Crippen LogP contribution in [0.4, 0.5) is 0 Å². The van der Waals surface area contributed by atoms with E-state index >= 15 is 0 Å². The maximum Gasteiger partial charge on any atom is 0.334 e. The van der Waals surface area contributed by atoms with Crippen LogP contribution < -0.4 is 0 Å². The molecule has 0 bridgehead atoms. The van der Waals surface area contributed by atoms with Crippen molar-refractivity contribution in [1.29, 1.82) is 0 Å². The highest BCUT2D eigenvalue weighted by molar-refractivity contribution is 5.72. The molecule has 0 radical (unpaired) electrons. The number of hydrogen-bond acceptors (Lipinski definition) is 4. The van der Waals surface area contributed by atoms with Gasteiger partial charge in [0.2, 0.25) is 0 Å². The van der Waals surface area contributed by atoms with Crippen molar-refractivity contribution in [3.05, 3.63) is 0 Å². The van der Waals surface area contributed by atoms with Gasteiger partial charge in [-0.2, -0.15) is 0 Å². The minimum atomic E-state index is -0.853. The van der Waals surface area contributed by atoms with E-state index in [-0.39, 0.29) is 0 Å². The second kappa shape index (κ2) is 5.80. The smallest absolute Gasteiger partial charge is 0.334 e. The van der Waals surface area contributed by atoms with E-state index in [4.69, 9.17) is 14.6 Å². The Balaban J connectivity index is 1.90. The molecule has 2 aliphatic heterocycles. The van der Waals surface area contributed by atoms with Crippen LogP contribution in [-0.4, -0.2) is 60.5 Å². The number of hydrogen-bond donors (Lipinski definition) is 1. The normalized spacial score (nSPS) is 35.7. The third-order valence-electron chi connectivity index (χ3n) is 3.68. The number of aliphatic carboxylic acids is 1. The van der Waals surface area contributed by atoms with E-state index in [1.165, 1.54) is 0 Å². The van der Waals surface area contributed by atoms with Crippen LogP contribution in [0, 0.1) is 0 Å². The predicted octanol–water partition coefficient (Wildman–Crippen LogP) is 0.729. The van der Waals surface area contributed by atoms with Gasteiger partial charge in [0.15, 0.2) is 6.10 Å². The Morgan fingerprint density at radius 1 is 1.41 bits per heavy atom. The number of carboxylic acids is 1. The van der Waals surface area contributed by atoms with E-state index < -0.39 is 12.1 Å². The topological polar surface area (TPSA) is 59.0 Å². The lowest BCUT2D eigenvalue weighted by molar-refractivity contribution is -0.158. The van der Waals surface area contributed by atoms with Crippen molar-refractivity contribution in [2.45, 2.75) is 44.4 Å². The fraction of sp³-hybridized carbons (Fsp3) is 0.917. The first kappa shape index (κ1) is 12.8. The first-order valence-corrected chi connectivity index (χ1v) is 6.40. The van der Waals surface area contributed by atoms with E-state index in [1.807, 2.05) is 0 Å². The maximum absolute atomic E-state index is 10.9. The highest BCUT2D eigenvalue weighted by Crippen LogP contribution is 2.23. The molecular formula is C12H21NO4. The van der Waals surface area contributed by atoms with Crippen LogP contribution >= 0.6 is 0 Å². The maximum atomic E-state index is 10.9. The molecule has 98 valence electrons. The summed E-state index contributed by atoms with van der Waals surface area (Å²) in [4.78, 5) is 13.2. The zero-order valence-electron chi connectivity index (χ0n) is 10.3. The molecule has 0 aromatic carbocycles. The molecule has 3 unspecified atom stereocenters. The zero-order chi connectivity index (χ0) is 12.3. The Labute approximate surface area is 102 Å². The molecule has 5 heteroatoms. The molecule has 3 atom stereocenters. The fourth-order valence-electron chi connectivity index (χ4n) is 2.63. The number of rotatable bonds is 3. The molecule has 0 aliphatic carbocycles. The van der Waals surface area contributed by atoms with E-state index in [0.717, 1.165) is 32.4 Å². The van der Waals surface area contributed by atoms with Crippen molar-refractivity contribution in [1.82, 2.24) is 4.90 Å². The number of morpholine rings is 1. The summed E-state index contributed by atoms with van der Waals surface area (Å²) < 4.78 is 10.9. The summed E-state index contributed by atoms with van der Waals surface area (Å²) in [5.41, 5.74) is 0. The Hall–Kier alpha value is -0.650. The molecular weight excluding hydrogens is 222 g/mol. The van der Waals surface area contributed by atoms with Crippen molar-refractivity contribution in [2.75, 3.05) is 26.3 Å². The molecule has 2 saturated heterocycles. The molecule has 2 fully saturated rings. The van der Waals surface area contributed by atoms with Gasteiger partial charge in [-0.05, 0) is 19.3 Å². The Kier molecular flexibility index (Phi) is 4.36. The van der Waals surface area contributed by atoms with E-state index in [9.17, 15) is 4.79 Å². The van der Waals surface area contributed by atoms with Crippen LogP contribution in [0.2, 0.25) is 0 Å². The molecule has 2 aliphatic rings. The average Bonchev–Trinajstić information content (AvgIpc) is 2.39. The van der Waals surface area contributed by atoms with Crippen LogP contribution in [0.15, 0.2) is 0 Å². The Morgan fingerprint density at radius 3 is 2.94 bits per heavy atom. The summed E-state index contributed by atoms with van der Waals surface area (Å²) in [5, 5.41) is 8.98. The lowest BCUT2D eigenvalue weighted by Crippen LogP contribution is -2.52. The summed E-state index contributed by atoms with van der Waals surface area (Å²) in [7, 11) is 0. The monoisotopic (exact) mass is 243 g/mol. The van der Waals surface area contributed by atoms with Crippen molar-refractivity contribution in [2.24, 2.45) is 0 Å². The molecule has 2 rings (SSSR count). The lowest BCUT2D eigenvalue weighted by Gasteiger charge is -2.40. The fourth-order valence-corrected chi connectivity index (χ4v) is 2.63. The van der Waals surface area contributed by atoms with E-state index in [2.05, 4.69) is 11.8 Å². The van der Waals surface area contributed by atoms with Gasteiger partial charge in [-0.1, -0.05) is 6.92 Å². The van der Waals surface area contributed by atoms with Gasteiger partial charge in [0.05, 0.1) is 12.7 Å². The van der Waals surface area contributed by atoms with Crippen LogP contribution in [0.3, 0.4) is 0 Å². The van der Waals surface area contributed by atoms with Crippen LogP contribution in [0.5, 0.6) is 0 Å². The molecule has 0 amide bonds. The minimum absolute atomic E-state index is 0.333. The van der Waals surface area contributed by atoms with Gasteiger partial charge in [-0.25, -0.2) is 4.79 Å². The summed E-state index contributed by atoms with van der Waals surface area (Å²) in [5.74, 6) is -0.853. The number of carbonyl (C=O) groups is 1. The highest BCUT2D eigenvalue weighted by atomic mass is 16.5. The molecule has 1 N–H and O–H groups in total. The molecule has 2 heterocycles. The van der Waals surface area contributed by atoms with Crippen LogP contribution in [0.1, 0.15) is 26.2 Å². The lowest BCUT2D eigenvalue weighted by atomic mass is 9.99. The van der Waals surface area contributed by atoms with Crippen molar-refractivity contribution in [3.63, 3.8) is 0 Å². The highest BCUT2D eigenvalue weighted by Gasteiger charge is 2.32.